The third kappa shape index (κ3) is 5.86. The number of rotatable bonds is 7. The molecule has 3 N–H and O–H groups in total. The van der Waals surface area contributed by atoms with E-state index < -0.39 is 21.7 Å². The molecule has 0 atom stereocenters. The summed E-state index contributed by atoms with van der Waals surface area (Å²) in [5.74, 6) is -0.981. The summed E-state index contributed by atoms with van der Waals surface area (Å²) in [6, 6.07) is 4.51. The lowest BCUT2D eigenvalue weighted by molar-refractivity contribution is -0.142. The van der Waals surface area contributed by atoms with E-state index in [4.69, 9.17) is 29.6 Å². The number of anilines is 1. The highest BCUT2D eigenvalue weighted by Crippen LogP contribution is 2.24. The molecule has 1 aromatic rings. The summed E-state index contributed by atoms with van der Waals surface area (Å²) in [7, 11) is -3.73. The molecule has 0 aliphatic rings. The van der Waals surface area contributed by atoms with Crippen molar-refractivity contribution in [3.8, 4) is 0 Å². The second-order valence-corrected chi connectivity index (χ2v) is 6.72. The number of carbonyl (C=O) groups excluding carboxylic acids is 1. The van der Waals surface area contributed by atoms with Crippen LogP contribution in [-0.4, -0.2) is 31.7 Å². The molecule has 0 aliphatic heterocycles. The Morgan fingerprint density at radius 1 is 1.48 bits per heavy atom. The molecule has 6 nitrogen and oxygen atoms in total. The van der Waals surface area contributed by atoms with Crippen molar-refractivity contribution in [2.24, 2.45) is 5.73 Å². The van der Waals surface area contributed by atoms with Gasteiger partial charge in [0.15, 0.2) is 0 Å². The molecule has 0 saturated carbocycles. The summed E-state index contributed by atoms with van der Waals surface area (Å²) in [4.78, 5) is 11.3. The summed E-state index contributed by atoms with van der Waals surface area (Å²) in [5, 5.41) is 0.203. The van der Waals surface area contributed by atoms with Crippen LogP contribution < -0.4 is 10.5 Å². The number of ether oxygens (including phenoxy) is 1. The van der Waals surface area contributed by atoms with Gasteiger partial charge in [0, 0.05) is 5.56 Å². The second-order valence-electron chi connectivity index (χ2n) is 4.03. The molecule has 21 heavy (non-hydrogen) atoms. The van der Waals surface area contributed by atoms with Crippen LogP contribution in [0, 0.1) is 0 Å². The highest BCUT2D eigenvalue weighted by atomic mass is 35.5. The molecule has 0 aromatic heterocycles. The van der Waals surface area contributed by atoms with Gasteiger partial charge in [0.2, 0.25) is 10.0 Å². The fourth-order valence-electron chi connectivity index (χ4n) is 1.43. The van der Waals surface area contributed by atoms with Gasteiger partial charge in [-0.25, -0.2) is 8.42 Å². The first-order valence-electron chi connectivity index (χ1n) is 6.00. The number of nitrogens with two attached hydrogens (primary N) is 1. The van der Waals surface area contributed by atoms with Crippen LogP contribution in [0.1, 0.15) is 18.9 Å². The molecular formula is C12H15ClN2O4S2. The Kier molecular flexibility index (Phi) is 6.38. The van der Waals surface area contributed by atoms with Crippen LogP contribution in [0.5, 0.6) is 0 Å². The summed E-state index contributed by atoms with van der Waals surface area (Å²) in [6.45, 7) is 1.85. The Labute approximate surface area is 133 Å². The van der Waals surface area contributed by atoms with Gasteiger partial charge in [-0.05, 0) is 19.1 Å². The van der Waals surface area contributed by atoms with Crippen molar-refractivity contribution in [1.82, 2.24) is 0 Å². The van der Waals surface area contributed by atoms with E-state index in [1.165, 1.54) is 12.1 Å². The number of hydrogen-bond acceptors (Lipinski definition) is 5. The zero-order valence-electron chi connectivity index (χ0n) is 11.3. The smallest absolute Gasteiger partial charge is 0.306 e. The highest BCUT2D eigenvalue weighted by molar-refractivity contribution is 7.92. The maximum absolute atomic E-state index is 11.9. The molecule has 0 saturated heterocycles. The third-order valence-electron chi connectivity index (χ3n) is 2.40. The second kappa shape index (κ2) is 7.58. The first-order chi connectivity index (χ1) is 9.75. The summed E-state index contributed by atoms with van der Waals surface area (Å²) in [6.07, 6.45) is -0.240. The normalized spacial score (nSPS) is 11.0. The third-order valence-corrected chi connectivity index (χ3v) is 4.23. The van der Waals surface area contributed by atoms with E-state index in [1.807, 2.05) is 0 Å². The average Bonchev–Trinajstić information content (AvgIpc) is 2.39. The standard InChI is InChI=1S/C12H15ClN2O4S2/c1-2-19-11(16)5-6-21(17,18)15-10-7-8(12(14)20)3-4-9(10)13/h3-4,7,15H,2,5-6H2,1H3,(H2,14,20). The van der Waals surface area contributed by atoms with E-state index in [0.29, 0.717) is 5.56 Å². The maximum atomic E-state index is 11.9. The Morgan fingerprint density at radius 3 is 2.71 bits per heavy atom. The Hall–Kier alpha value is -1.38. The molecule has 1 rings (SSSR count). The van der Waals surface area contributed by atoms with Gasteiger partial charge in [0.25, 0.3) is 0 Å². The van der Waals surface area contributed by atoms with Crippen molar-refractivity contribution < 1.29 is 17.9 Å². The van der Waals surface area contributed by atoms with E-state index in [-0.39, 0.29) is 28.7 Å². The molecule has 116 valence electrons. The molecule has 0 radical (unpaired) electrons. The predicted molar refractivity (Wildman–Crippen MR) is 86.0 cm³/mol. The molecular weight excluding hydrogens is 336 g/mol. The zero-order chi connectivity index (χ0) is 16.0. The first-order valence-corrected chi connectivity index (χ1v) is 8.44. The Bertz CT molecular complexity index is 647. The van der Waals surface area contributed by atoms with Crippen LogP contribution in [0.4, 0.5) is 5.69 Å². The van der Waals surface area contributed by atoms with E-state index >= 15 is 0 Å². The van der Waals surface area contributed by atoms with Crippen LogP contribution in [0.15, 0.2) is 18.2 Å². The molecule has 1 aromatic carbocycles. The van der Waals surface area contributed by atoms with Gasteiger partial charge in [0.1, 0.15) is 4.99 Å². The predicted octanol–water partition coefficient (Wildman–Crippen LogP) is 1.67. The number of benzene rings is 1. The number of thiocarbonyl (C=S) groups is 1. The van der Waals surface area contributed by atoms with Gasteiger partial charge >= 0.3 is 5.97 Å². The molecule has 9 heteroatoms. The summed E-state index contributed by atoms with van der Waals surface area (Å²) < 4.78 is 30.8. The van der Waals surface area contributed by atoms with E-state index in [1.54, 1.807) is 13.0 Å². The minimum atomic E-state index is -3.73. The van der Waals surface area contributed by atoms with Gasteiger partial charge in [-0.3, -0.25) is 9.52 Å². The fourth-order valence-corrected chi connectivity index (χ4v) is 2.82. The number of halogens is 1. The van der Waals surface area contributed by atoms with E-state index in [9.17, 15) is 13.2 Å². The molecule has 0 amide bonds. The molecule has 0 bridgehead atoms. The number of sulfonamides is 1. The SMILES string of the molecule is CCOC(=O)CCS(=O)(=O)Nc1cc(C(N)=S)ccc1Cl. The van der Waals surface area contributed by atoms with Crippen LogP contribution in [0.2, 0.25) is 5.02 Å². The summed E-state index contributed by atoms with van der Waals surface area (Å²) >= 11 is 10.7. The molecule has 0 unspecified atom stereocenters. The minimum Gasteiger partial charge on any atom is -0.466 e. The molecule has 0 aliphatic carbocycles. The van der Waals surface area contributed by atoms with Gasteiger partial charge in [-0.2, -0.15) is 0 Å². The van der Waals surface area contributed by atoms with Gasteiger partial charge < -0.3 is 10.5 Å². The van der Waals surface area contributed by atoms with Crippen LogP contribution in [-0.2, 0) is 19.6 Å². The highest BCUT2D eigenvalue weighted by Gasteiger charge is 2.16. The zero-order valence-corrected chi connectivity index (χ0v) is 13.6. The van der Waals surface area contributed by atoms with E-state index in [2.05, 4.69) is 9.46 Å². The lowest BCUT2D eigenvalue weighted by atomic mass is 10.2. The van der Waals surface area contributed by atoms with Crippen molar-refractivity contribution in [2.75, 3.05) is 17.1 Å². The summed E-state index contributed by atoms with van der Waals surface area (Å²) in [5.41, 5.74) is 6.12. The Morgan fingerprint density at radius 2 is 2.14 bits per heavy atom. The van der Waals surface area contributed by atoms with Crippen molar-refractivity contribution in [2.45, 2.75) is 13.3 Å². The van der Waals surface area contributed by atoms with Gasteiger partial charge in [0.05, 0.1) is 29.5 Å². The van der Waals surface area contributed by atoms with Crippen LogP contribution in [0.3, 0.4) is 0 Å². The lowest BCUT2D eigenvalue weighted by Crippen LogP contribution is -2.20. The van der Waals surface area contributed by atoms with Crippen LogP contribution >= 0.6 is 23.8 Å². The maximum Gasteiger partial charge on any atom is 0.306 e. The monoisotopic (exact) mass is 350 g/mol. The topological polar surface area (TPSA) is 98.5 Å². The number of carbonyl (C=O) groups is 1. The number of hydrogen-bond donors (Lipinski definition) is 2. The Balaban J connectivity index is 2.81. The van der Waals surface area contributed by atoms with Crippen LogP contribution in [0.25, 0.3) is 0 Å². The minimum absolute atomic E-state index is 0.124. The van der Waals surface area contributed by atoms with Crippen molar-refractivity contribution in [1.29, 1.82) is 0 Å². The molecule has 0 heterocycles. The molecule has 0 spiro atoms. The van der Waals surface area contributed by atoms with Crippen molar-refractivity contribution in [3.05, 3.63) is 28.8 Å². The average molecular weight is 351 g/mol. The largest absolute Gasteiger partial charge is 0.466 e. The number of nitrogens with one attached hydrogen (secondary N) is 1. The molecule has 0 fully saturated rings. The number of esters is 1. The van der Waals surface area contributed by atoms with E-state index in [0.717, 1.165) is 0 Å². The van der Waals surface area contributed by atoms with Crippen molar-refractivity contribution >= 4 is 50.5 Å². The first kappa shape index (κ1) is 17.7. The van der Waals surface area contributed by atoms with Gasteiger partial charge in [-0.15, -0.1) is 0 Å². The van der Waals surface area contributed by atoms with Crippen molar-refractivity contribution in [3.63, 3.8) is 0 Å². The lowest BCUT2D eigenvalue weighted by Gasteiger charge is -2.10. The quantitative estimate of drug-likeness (QED) is 0.573. The fraction of sp³-hybridized carbons (Fsp3) is 0.333. The van der Waals surface area contributed by atoms with Gasteiger partial charge in [-0.1, -0.05) is 29.9 Å².